The molecule has 0 fully saturated rings. The number of hydrogen-bond acceptors (Lipinski definition) is 9. The van der Waals surface area contributed by atoms with Crippen LogP contribution in [0.1, 0.15) is 92.4 Å². The van der Waals surface area contributed by atoms with Crippen LogP contribution in [0.3, 0.4) is 0 Å². The van der Waals surface area contributed by atoms with Crippen LogP contribution >= 0.6 is 0 Å². The van der Waals surface area contributed by atoms with Crippen molar-refractivity contribution >= 4 is 23.4 Å². The molecule has 0 spiro atoms. The first kappa shape index (κ1) is 42.6. The lowest BCUT2D eigenvalue weighted by molar-refractivity contribution is -0.132. The molecular formula is C41H60N6O7. The Morgan fingerprint density at radius 3 is 2.35 bits per heavy atom. The molecule has 0 aliphatic carbocycles. The minimum atomic E-state index is -1.10. The Morgan fingerprint density at radius 2 is 1.63 bits per heavy atom. The summed E-state index contributed by atoms with van der Waals surface area (Å²) >= 11 is 0. The molecule has 3 N–H and O–H groups in total. The molecule has 54 heavy (non-hydrogen) atoms. The van der Waals surface area contributed by atoms with Gasteiger partial charge >= 0.3 is 0 Å². The van der Waals surface area contributed by atoms with Gasteiger partial charge < -0.3 is 34.9 Å². The van der Waals surface area contributed by atoms with Gasteiger partial charge in [-0.15, -0.1) is 5.10 Å². The summed E-state index contributed by atoms with van der Waals surface area (Å²) in [4.78, 5) is 41.4. The number of aliphatic hydroxyl groups is 1. The van der Waals surface area contributed by atoms with Crippen molar-refractivity contribution in [2.45, 2.75) is 105 Å². The van der Waals surface area contributed by atoms with Crippen molar-refractivity contribution in [1.82, 2.24) is 25.6 Å². The lowest BCUT2D eigenvalue weighted by Crippen LogP contribution is -2.43. The van der Waals surface area contributed by atoms with Gasteiger partial charge in [0.05, 0.1) is 37.7 Å². The second-order valence-electron chi connectivity index (χ2n) is 15.8. The normalized spacial score (nSPS) is 14.0. The molecule has 2 aromatic carbocycles. The van der Waals surface area contributed by atoms with E-state index < -0.39 is 17.2 Å². The highest BCUT2D eigenvalue weighted by Crippen LogP contribution is 2.41. The quantitative estimate of drug-likeness (QED) is 0.124. The standard InChI is InChI=1S/C41H60N6O7/c1-28(2)25-29(3)43-39(51)40(4,5)20-22-54-41(6,7)19-21-42-34(48)17-18-35(49)46-26-30-13-9-10-14-31(30)38-37(32-15-11-12-16-33(32)46)44-45-47(38)36(50)27-53-24-23-52-8/h9-16,28-29,36,50H,17-27H2,1-8H3,(H,42,48)(H,43,51). The largest absolute Gasteiger partial charge is 0.382 e. The van der Waals surface area contributed by atoms with Crippen LogP contribution in [0.4, 0.5) is 5.69 Å². The molecule has 2 heterocycles. The molecule has 3 amide bonds. The fourth-order valence-electron chi connectivity index (χ4n) is 6.51. The molecule has 1 aliphatic heterocycles. The smallest absolute Gasteiger partial charge is 0.227 e. The molecule has 3 aromatic rings. The number of amides is 3. The summed E-state index contributed by atoms with van der Waals surface area (Å²) in [6.07, 6.45) is 0.999. The molecule has 13 heteroatoms. The number of hydrogen-bond donors (Lipinski definition) is 3. The lowest BCUT2D eigenvalue weighted by Gasteiger charge is -2.30. The molecule has 1 aliphatic rings. The van der Waals surface area contributed by atoms with Crippen molar-refractivity contribution in [1.29, 1.82) is 0 Å². The molecule has 1 aromatic heterocycles. The van der Waals surface area contributed by atoms with Crippen LogP contribution in [0.15, 0.2) is 48.5 Å². The predicted octanol–water partition coefficient (Wildman–Crippen LogP) is 5.66. The first-order valence-electron chi connectivity index (χ1n) is 19.0. The number of para-hydroxylation sites is 1. The fourth-order valence-corrected chi connectivity index (χ4v) is 6.51. The zero-order chi connectivity index (χ0) is 39.5. The first-order valence-corrected chi connectivity index (χ1v) is 19.0. The SMILES string of the molecule is COCCOCC(O)n1nnc2c1-c1ccccc1CN(C(=O)CCC(=O)NCCC(C)(C)OCCC(C)(C)C(=O)NC(C)CC(C)C)c1ccccc1-2. The van der Waals surface area contributed by atoms with E-state index in [9.17, 15) is 19.5 Å². The predicted molar refractivity (Wildman–Crippen MR) is 208 cm³/mol. The van der Waals surface area contributed by atoms with Crippen LogP contribution in [-0.2, 0) is 35.1 Å². The van der Waals surface area contributed by atoms with Gasteiger partial charge in [-0.3, -0.25) is 14.4 Å². The molecular weight excluding hydrogens is 688 g/mol. The number of nitrogens with zero attached hydrogens (tertiary/aromatic N) is 4. The van der Waals surface area contributed by atoms with Gasteiger partial charge in [0, 0.05) is 55.7 Å². The number of rotatable bonds is 20. The highest BCUT2D eigenvalue weighted by Gasteiger charge is 2.32. The monoisotopic (exact) mass is 748 g/mol. The Bertz CT molecular complexity index is 1700. The van der Waals surface area contributed by atoms with Gasteiger partial charge in [-0.1, -0.05) is 75.4 Å². The number of aliphatic hydroxyl groups excluding tert-OH is 1. The summed E-state index contributed by atoms with van der Waals surface area (Å²) in [7, 11) is 1.58. The van der Waals surface area contributed by atoms with E-state index in [0.29, 0.717) is 67.8 Å². The van der Waals surface area contributed by atoms with Crippen LogP contribution in [0.2, 0.25) is 0 Å². The van der Waals surface area contributed by atoms with Crippen LogP contribution in [0.25, 0.3) is 22.5 Å². The number of benzene rings is 2. The number of ether oxygens (including phenoxy) is 3. The Hall–Kier alpha value is -4.17. The molecule has 4 rings (SSSR count). The fraction of sp³-hybridized carbons (Fsp3) is 0.585. The van der Waals surface area contributed by atoms with Gasteiger partial charge in [-0.25, -0.2) is 4.68 Å². The second-order valence-corrected chi connectivity index (χ2v) is 15.8. The van der Waals surface area contributed by atoms with Crippen molar-refractivity contribution in [3.63, 3.8) is 0 Å². The molecule has 0 radical (unpaired) electrons. The minimum absolute atomic E-state index is 0.00316. The Balaban J connectivity index is 1.35. The van der Waals surface area contributed by atoms with Crippen molar-refractivity contribution in [3.8, 4) is 22.5 Å². The third-order valence-electron chi connectivity index (χ3n) is 9.68. The zero-order valence-corrected chi connectivity index (χ0v) is 33.3. The molecule has 2 unspecified atom stereocenters. The van der Waals surface area contributed by atoms with Gasteiger partial charge in [-0.2, -0.15) is 0 Å². The van der Waals surface area contributed by atoms with Crippen molar-refractivity contribution < 1.29 is 33.7 Å². The Kier molecular flexibility index (Phi) is 15.3. The number of nitrogens with one attached hydrogen (secondary N) is 2. The van der Waals surface area contributed by atoms with Crippen LogP contribution in [-0.4, -0.2) is 89.5 Å². The van der Waals surface area contributed by atoms with E-state index in [-0.39, 0.29) is 49.8 Å². The molecule has 0 saturated heterocycles. The van der Waals surface area contributed by atoms with Gasteiger partial charge in [0.2, 0.25) is 17.7 Å². The third-order valence-corrected chi connectivity index (χ3v) is 9.68. The van der Waals surface area contributed by atoms with Crippen LogP contribution < -0.4 is 15.5 Å². The number of carbonyl (C=O) groups is 3. The summed E-state index contributed by atoms with van der Waals surface area (Å²) in [5.74, 6) is 0.104. The number of methoxy groups -OCH3 is 1. The number of carbonyl (C=O) groups excluding carboxylic acids is 3. The van der Waals surface area contributed by atoms with E-state index in [1.54, 1.807) is 12.0 Å². The number of fused-ring (bicyclic) bond motifs is 5. The van der Waals surface area contributed by atoms with E-state index in [1.165, 1.54) is 4.68 Å². The minimum Gasteiger partial charge on any atom is -0.382 e. The summed E-state index contributed by atoms with van der Waals surface area (Å²) in [5.41, 5.74) is 3.01. The maximum Gasteiger partial charge on any atom is 0.227 e. The van der Waals surface area contributed by atoms with Crippen molar-refractivity contribution in [3.05, 3.63) is 54.1 Å². The Labute approximate surface area is 320 Å². The van der Waals surface area contributed by atoms with Crippen molar-refractivity contribution in [2.75, 3.05) is 45.0 Å². The van der Waals surface area contributed by atoms with Gasteiger partial charge in [-0.05, 0) is 57.6 Å². The maximum atomic E-state index is 13.9. The van der Waals surface area contributed by atoms with E-state index >= 15 is 0 Å². The molecule has 296 valence electrons. The van der Waals surface area contributed by atoms with Crippen LogP contribution in [0, 0.1) is 11.3 Å². The highest BCUT2D eigenvalue weighted by atomic mass is 16.5. The molecule has 0 bridgehead atoms. The summed E-state index contributed by atoms with van der Waals surface area (Å²) < 4.78 is 18.2. The summed E-state index contributed by atoms with van der Waals surface area (Å²) in [5, 5.41) is 26.0. The molecule has 13 nitrogen and oxygen atoms in total. The van der Waals surface area contributed by atoms with E-state index in [4.69, 9.17) is 14.2 Å². The third kappa shape index (κ3) is 11.7. The zero-order valence-electron chi connectivity index (χ0n) is 33.3. The maximum absolute atomic E-state index is 13.9. The number of anilines is 1. The Morgan fingerprint density at radius 1 is 0.926 bits per heavy atom. The van der Waals surface area contributed by atoms with E-state index in [2.05, 4.69) is 34.8 Å². The molecule has 0 saturated carbocycles. The van der Waals surface area contributed by atoms with Crippen molar-refractivity contribution in [2.24, 2.45) is 11.3 Å². The molecule has 2 atom stereocenters. The topological polar surface area (TPSA) is 157 Å². The van der Waals surface area contributed by atoms with E-state index in [0.717, 1.165) is 17.5 Å². The van der Waals surface area contributed by atoms with Gasteiger partial charge in [0.1, 0.15) is 11.4 Å². The summed E-state index contributed by atoms with van der Waals surface area (Å²) in [6.45, 7) is 15.9. The first-order chi connectivity index (χ1) is 25.6. The summed E-state index contributed by atoms with van der Waals surface area (Å²) in [6, 6.07) is 15.2. The number of aromatic nitrogens is 3. The lowest BCUT2D eigenvalue weighted by atomic mass is 9.88. The van der Waals surface area contributed by atoms with E-state index in [1.807, 2.05) is 83.1 Å². The average Bonchev–Trinajstić information content (AvgIpc) is 3.55. The highest BCUT2D eigenvalue weighted by molar-refractivity contribution is 6.01. The average molecular weight is 749 g/mol. The second kappa shape index (κ2) is 19.4. The van der Waals surface area contributed by atoms with Gasteiger partial charge in [0.15, 0.2) is 6.23 Å². The van der Waals surface area contributed by atoms with Gasteiger partial charge in [0.25, 0.3) is 0 Å². The van der Waals surface area contributed by atoms with Crippen LogP contribution in [0.5, 0.6) is 0 Å².